The Bertz CT molecular complexity index is 1760. The first-order valence-corrected chi connectivity index (χ1v) is 12.2. The molecule has 2 aromatic carbocycles. The van der Waals surface area contributed by atoms with Crippen molar-refractivity contribution in [3.63, 3.8) is 0 Å². The number of hydrogen-bond acceptors (Lipinski definition) is 6. The molecule has 0 amide bonds. The van der Waals surface area contributed by atoms with Crippen LogP contribution in [0.5, 0.6) is 0 Å². The Labute approximate surface area is 215 Å². The molecular weight excluding hydrogens is 488 g/mol. The summed E-state index contributed by atoms with van der Waals surface area (Å²) in [5.74, 6) is -0.361. The van der Waals surface area contributed by atoms with Crippen molar-refractivity contribution in [2.75, 3.05) is 5.32 Å². The summed E-state index contributed by atoms with van der Waals surface area (Å²) in [7, 11) is 0. The highest BCUT2D eigenvalue weighted by Crippen LogP contribution is 2.34. The van der Waals surface area contributed by atoms with Gasteiger partial charge in [-0.2, -0.15) is 5.10 Å². The molecule has 190 valence electrons. The van der Waals surface area contributed by atoms with Crippen LogP contribution in [-0.2, 0) is 0 Å². The molecule has 1 unspecified atom stereocenters. The number of nitrogens with one attached hydrogen (secondary N) is 3. The number of benzene rings is 2. The van der Waals surface area contributed by atoms with Crippen molar-refractivity contribution in [1.29, 1.82) is 0 Å². The van der Waals surface area contributed by atoms with Crippen molar-refractivity contribution in [2.45, 2.75) is 26.0 Å². The van der Waals surface area contributed by atoms with Crippen LogP contribution in [0, 0.1) is 11.6 Å². The molecule has 0 saturated heterocycles. The summed E-state index contributed by atoms with van der Waals surface area (Å²) in [5, 5.41) is 20.8. The van der Waals surface area contributed by atoms with Gasteiger partial charge in [-0.3, -0.25) is 15.1 Å². The van der Waals surface area contributed by atoms with Gasteiger partial charge in [0.2, 0.25) is 0 Å². The average molecular weight is 512 g/mol. The number of anilines is 1. The number of H-pyrrole nitrogens is 2. The van der Waals surface area contributed by atoms with Crippen molar-refractivity contribution in [1.82, 2.24) is 30.1 Å². The molecule has 1 atom stereocenters. The predicted molar refractivity (Wildman–Crippen MR) is 142 cm³/mol. The van der Waals surface area contributed by atoms with Crippen LogP contribution < -0.4 is 5.32 Å². The van der Waals surface area contributed by atoms with Gasteiger partial charge < -0.3 is 15.4 Å². The molecule has 0 bridgehead atoms. The fourth-order valence-electron chi connectivity index (χ4n) is 4.51. The molecule has 0 aliphatic heterocycles. The van der Waals surface area contributed by atoms with E-state index in [-0.39, 0.29) is 11.3 Å². The highest BCUT2D eigenvalue weighted by Gasteiger charge is 2.18. The second kappa shape index (κ2) is 9.64. The first-order valence-electron chi connectivity index (χ1n) is 12.2. The molecule has 0 spiro atoms. The topological polar surface area (TPSA) is 115 Å². The van der Waals surface area contributed by atoms with Gasteiger partial charge in [-0.15, -0.1) is 0 Å². The van der Waals surface area contributed by atoms with Gasteiger partial charge in [-0.05, 0) is 60.5 Å². The molecule has 4 heterocycles. The van der Waals surface area contributed by atoms with E-state index in [1.165, 1.54) is 18.2 Å². The fourth-order valence-corrected chi connectivity index (χ4v) is 4.51. The smallest absolute Gasteiger partial charge is 0.157 e. The first kappa shape index (κ1) is 23.7. The first-order chi connectivity index (χ1) is 18.5. The number of aliphatic hydroxyl groups is 1. The molecule has 6 rings (SSSR count). The summed E-state index contributed by atoms with van der Waals surface area (Å²) < 4.78 is 28.6. The van der Waals surface area contributed by atoms with Crippen LogP contribution in [0.2, 0.25) is 0 Å². The molecule has 0 saturated carbocycles. The number of pyridine rings is 2. The third-order valence-electron chi connectivity index (χ3n) is 6.33. The van der Waals surface area contributed by atoms with E-state index in [0.717, 1.165) is 17.5 Å². The van der Waals surface area contributed by atoms with Crippen LogP contribution >= 0.6 is 0 Å². The van der Waals surface area contributed by atoms with Crippen molar-refractivity contribution >= 4 is 27.6 Å². The Hall–Kier alpha value is -4.70. The minimum atomic E-state index is -0.695. The number of imidazole rings is 1. The van der Waals surface area contributed by atoms with E-state index in [4.69, 9.17) is 4.98 Å². The Morgan fingerprint density at radius 1 is 0.974 bits per heavy atom. The summed E-state index contributed by atoms with van der Waals surface area (Å²) in [6.45, 7) is 1.99. The van der Waals surface area contributed by atoms with E-state index in [0.29, 0.717) is 51.4 Å². The van der Waals surface area contributed by atoms with E-state index in [2.05, 4.69) is 30.5 Å². The summed E-state index contributed by atoms with van der Waals surface area (Å²) in [6.07, 6.45) is 5.63. The van der Waals surface area contributed by atoms with Crippen molar-refractivity contribution < 1.29 is 13.9 Å². The molecule has 4 N–H and O–H groups in total. The molecular formula is C28H23F2N7O. The van der Waals surface area contributed by atoms with Gasteiger partial charge in [0.05, 0.1) is 23.1 Å². The van der Waals surface area contributed by atoms with Gasteiger partial charge in [0.25, 0.3) is 0 Å². The van der Waals surface area contributed by atoms with Crippen LogP contribution in [0.3, 0.4) is 0 Å². The predicted octanol–water partition coefficient (Wildman–Crippen LogP) is 6.04. The van der Waals surface area contributed by atoms with Gasteiger partial charge in [-0.1, -0.05) is 13.3 Å². The SMILES string of the molecule is CCCC(O)Nc1cncc(-c2cc(F)c3n[nH]c(-c4nc5c(-c6ccc(F)cc6)nccc5[nH]4)c3c2)c1. The summed E-state index contributed by atoms with van der Waals surface area (Å²) in [4.78, 5) is 16.7. The zero-order valence-corrected chi connectivity index (χ0v) is 20.3. The number of halogens is 2. The number of rotatable bonds is 7. The molecule has 38 heavy (non-hydrogen) atoms. The van der Waals surface area contributed by atoms with Crippen molar-refractivity contribution in [3.8, 4) is 33.9 Å². The van der Waals surface area contributed by atoms with Crippen molar-refractivity contribution in [3.05, 3.63) is 78.8 Å². The van der Waals surface area contributed by atoms with E-state index < -0.39 is 12.0 Å². The molecule has 10 heteroatoms. The van der Waals surface area contributed by atoms with E-state index in [1.807, 2.05) is 19.1 Å². The summed E-state index contributed by atoms with van der Waals surface area (Å²) >= 11 is 0. The van der Waals surface area contributed by atoms with Crippen molar-refractivity contribution in [2.24, 2.45) is 0 Å². The van der Waals surface area contributed by atoms with Crippen LogP contribution in [0.4, 0.5) is 14.5 Å². The highest BCUT2D eigenvalue weighted by atomic mass is 19.1. The Kier molecular flexibility index (Phi) is 6.01. The second-order valence-corrected chi connectivity index (χ2v) is 9.01. The maximum absolute atomic E-state index is 15.2. The minimum Gasteiger partial charge on any atom is -0.374 e. The van der Waals surface area contributed by atoms with Crippen LogP contribution in [0.1, 0.15) is 19.8 Å². The standard InChI is InChI=1S/C28H23F2N7O/c1-2-3-23(38)33-19-10-17(13-31-14-19)16-11-20-25(21(30)12-16)36-37-26(20)28-34-22-8-9-32-24(27(22)35-28)15-4-6-18(29)7-5-15/h4-14,23,33,38H,2-3H2,1H3,(H,34,35)(H,36,37). The molecule has 6 aromatic rings. The van der Waals surface area contributed by atoms with Crippen LogP contribution in [-0.4, -0.2) is 41.5 Å². The zero-order chi connectivity index (χ0) is 26.2. The van der Waals surface area contributed by atoms with E-state index >= 15 is 4.39 Å². The molecule has 0 aliphatic carbocycles. The Morgan fingerprint density at radius 2 is 1.82 bits per heavy atom. The lowest BCUT2D eigenvalue weighted by Gasteiger charge is -2.13. The van der Waals surface area contributed by atoms with Gasteiger partial charge in [0, 0.05) is 28.9 Å². The monoisotopic (exact) mass is 511 g/mol. The van der Waals surface area contributed by atoms with Gasteiger partial charge in [-0.25, -0.2) is 13.8 Å². The largest absolute Gasteiger partial charge is 0.374 e. The molecule has 0 fully saturated rings. The third-order valence-corrected chi connectivity index (χ3v) is 6.33. The number of fused-ring (bicyclic) bond motifs is 2. The van der Waals surface area contributed by atoms with Crippen LogP contribution in [0.25, 0.3) is 55.8 Å². The fraction of sp³-hybridized carbons (Fsp3) is 0.143. The lowest BCUT2D eigenvalue weighted by Crippen LogP contribution is -2.18. The number of aliphatic hydroxyl groups excluding tert-OH is 1. The summed E-state index contributed by atoms with van der Waals surface area (Å²) in [5.41, 5.74) is 5.26. The van der Waals surface area contributed by atoms with Gasteiger partial charge >= 0.3 is 0 Å². The lowest BCUT2D eigenvalue weighted by atomic mass is 10.0. The minimum absolute atomic E-state index is 0.182. The van der Waals surface area contributed by atoms with E-state index in [1.54, 1.807) is 36.8 Å². The molecule has 0 radical (unpaired) electrons. The normalized spacial score (nSPS) is 12.3. The lowest BCUT2D eigenvalue weighted by molar-refractivity contribution is 0.192. The van der Waals surface area contributed by atoms with Crippen LogP contribution in [0.15, 0.2) is 67.1 Å². The number of hydrogen-bond donors (Lipinski definition) is 4. The Morgan fingerprint density at radius 3 is 2.63 bits per heavy atom. The van der Waals surface area contributed by atoms with Gasteiger partial charge in [0.15, 0.2) is 11.6 Å². The van der Waals surface area contributed by atoms with E-state index in [9.17, 15) is 9.50 Å². The maximum Gasteiger partial charge on any atom is 0.157 e. The average Bonchev–Trinajstić information content (AvgIpc) is 3.54. The zero-order valence-electron chi connectivity index (χ0n) is 20.3. The summed E-state index contributed by atoms with van der Waals surface area (Å²) in [6, 6.07) is 12.9. The maximum atomic E-state index is 15.2. The number of aromatic nitrogens is 6. The molecule has 4 aromatic heterocycles. The quantitative estimate of drug-likeness (QED) is 0.194. The Balaban J connectivity index is 1.42. The van der Waals surface area contributed by atoms with Gasteiger partial charge in [0.1, 0.15) is 28.8 Å². The molecule has 8 nitrogen and oxygen atoms in total. The second-order valence-electron chi connectivity index (χ2n) is 9.01. The highest BCUT2D eigenvalue weighted by molar-refractivity contribution is 5.97. The number of aromatic amines is 2. The number of nitrogens with zero attached hydrogens (tertiary/aromatic N) is 4. The molecule has 0 aliphatic rings. The third kappa shape index (κ3) is 4.35.